The van der Waals surface area contributed by atoms with Gasteiger partial charge in [-0.2, -0.15) is 10.1 Å². The fourth-order valence-electron chi connectivity index (χ4n) is 2.27. The molecule has 0 radical (unpaired) electrons. The molecule has 2 aromatic rings. The van der Waals surface area contributed by atoms with Gasteiger partial charge in [0.05, 0.1) is 16.6 Å². The summed E-state index contributed by atoms with van der Waals surface area (Å²) < 4.78 is 0. The first-order valence-corrected chi connectivity index (χ1v) is 6.74. The topological polar surface area (TPSA) is 91.0 Å². The van der Waals surface area contributed by atoms with Crippen molar-refractivity contribution in [1.29, 1.82) is 0 Å². The van der Waals surface area contributed by atoms with Crippen LogP contribution in [0.1, 0.15) is 6.42 Å². The molecule has 1 aromatic carbocycles. The molecule has 108 valence electrons. The van der Waals surface area contributed by atoms with Crippen LogP contribution < -0.4 is 10.2 Å². The predicted molar refractivity (Wildman–Crippen MR) is 76.9 cm³/mol. The van der Waals surface area contributed by atoms with Crippen molar-refractivity contribution in [2.45, 2.75) is 6.42 Å². The molecular weight excluding hydrogens is 294 g/mol. The molecule has 21 heavy (non-hydrogen) atoms. The Bertz CT molecular complexity index is 673. The van der Waals surface area contributed by atoms with E-state index < -0.39 is 5.92 Å². The Kier molecular flexibility index (Phi) is 3.57. The second-order valence-corrected chi connectivity index (χ2v) is 5.09. The van der Waals surface area contributed by atoms with Crippen LogP contribution in [0.2, 0.25) is 5.02 Å². The van der Waals surface area contributed by atoms with E-state index in [1.807, 2.05) is 0 Å². The number of carbonyl (C=O) groups excluding carboxylic acids is 2. The van der Waals surface area contributed by atoms with E-state index >= 15 is 0 Å². The molecule has 8 heteroatoms. The van der Waals surface area contributed by atoms with Crippen molar-refractivity contribution in [2.75, 3.05) is 16.8 Å². The van der Waals surface area contributed by atoms with Crippen molar-refractivity contribution in [1.82, 2.24) is 15.2 Å². The van der Waals surface area contributed by atoms with Crippen LogP contribution in [-0.2, 0) is 9.59 Å². The minimum Gasteiger partial charge on any atom is -0.310 e. The average molecular weight is 306 g/mol. The van der Waals surface area contributed by atoms with Crippen molar-refractivity contribution in [3.63, 3.8) is 0 Å². The van der Waals surface area contributed by atoms with E-state index in [-0.39, 0.29) is 24.2 Å². The number of aromatic amines is 1. The number of para-hydroxylation sites is 1. The van der Waals surface area contributed by atoms with Gasteiger partial charge in [-0.05, 0) is 12.1 Å². The standard InChI is InChI=1S/C13H12ClN5O2/c14-9-3-1-2-4-10(9)19-6-8(5-11(19)20)12(21)17-13-15-7-16-18-13/h1-4,7-8H,5-6H2,(H2,15,16,17,18,21)/t8-/m1/s1. The Labute approximate surface area is 125 Å². The maximum Gasteiger partial charge on any atom is 0.232 e. The van der Waals surface area contributed by atoms with Crippen molar-refractivity contribution < 1.29 is 9.59 Å². The molecule has 1 saturated heterocycles. The van der Waals surface area contributed by atoms with Gasteiger partial charge >= 0.3 is 0 Å². The van der Waals surface area contributed by atoms with Crippen LogP contribution in [0, 0.1) is 5.92 Å². The highest BCUT2D eigenvalue weighted by Crippen LogP contribution is 2.31. The van der Waals surface area contributed by atoms with Gasteiger partial charge in [0.25, 0.3) is 0 Å². The van der Waals surface area contributed by atoms with Crippen LogP contribution in [0.5, 0.6) is 0 Å². The number of amides is 2. The summed E-state index contributed by atoms with van der Waals surface area (Å²) in [5.74, 6) is -0.571. The Morgan fingerprint density at radius 2 is 2.24 bits per heavy atom. The molecule has 1 fully saturated rings. The summed E-state index contributed by atoms with van der Waals surface area (Å²) in [4.78, 5) is 29.6. The lowest BCUT2D eigenvalue weighted by molar-refractivity contribution is -0.122. The lowest BCUT2D eigenvalue weighted by Crippen LogP contribution is -2.28. The summed E-state index contributed by atoms with van der Waals surface area (Å²) in [6.07, 6.45) is 1.44. The third-order valence-corrected chi connectivity index (χ3v) is 3.62. The van der Waals surface area contributed by atoms with E-state index in [0.717, 1.165) is 0 Å². The number of nitrogens with zero attached hydrogens (tertiary/aromatic N) is 3. The van der Waals surface area contributed by atoms with Gasteiger partial charge < -0.3 is 4.90 Å². The highest BCUT2D eigenvalue weighted by molar-refractivity contribution is 6.33. The van der Waals surface area contributed by atoms with Crippen LogP contribution in [0.3, 0.4) is 0 Å². The molecule has 0 unspecified atom stereocenters. The maximum atomic E-state index is 12.1. The van der Waals surface area contributed by atoms with Gasteiger partial charge in [0.1, 0.15) is 6.33 Å². The Balaban J connectivity index is 1.73. The number of rotatable bonds is 3. The first kappa shape index (κ1) is 13.6. The van der Waals surface area contributed by atoms with Crippen molar-refractivity contribution in [2.24, 2.45) is 5.92 Å². The zero-order valence-corrected chi connectivity index (χ0v) is 11.7. The number of halogens is 1. The smallest absolute Gasteiger partial charge is 0.232 e. The molecule has 3 rings (SSSR count). The number of carbonyl (C=O) groups is 2. The van der Waals surface area contributed by atoms with Gasteiger partial charge in [0, 0.05) is 13.0 Å². The first-order valence-electron chi connectivity index (χ1n) is 6.36. The molecule has 2 heterocycles. The Morgan fingerprint density at radius 1 is 1.43 bits per heavy atom. The summed E-state index contributed by atoms with van der Waals surface area (Å²) in [6.45, 7) is 0.294. The molecule has 2 amide bonds. The first-order chi connectivity index (χ1) is 10.1. The van der Waals surface area contributed by atoms with Crippen molar-refractivity contribution >= 4 is 35.1 Å². The lowest BCUT2D eigenvalue weighted by atomic mass is 10.1. The zero-order valence-electron chi connectivity index (χ0n) is 10.9. The van der Waals surface area contributed by atoms with Gasteiger partial charge in [0.15, 0.2) is 0 Å². The number of aromatic nitrogens is 3. The number of hydrogen-bond acceptors (Lipinski definition) is 4. The molecule has 0 aliphatic carbocycles. The van der Waals surface area contributed by atoms with E-state index in [4.69, 9.17) is 11.6 Å². The minimum absolute atomic E-state index is 0.124. The molecule has 1 aromatic heterocycles. The largest absolute Gasteiger partial charge is 0.310 e. The minimum atomic E-state index is -0.445. The van der Waals surface area contributed by atoms with Gasteiger partial charge in [-0.15, -0.1) is 0 Å². The SMILES string of the molecule is O=C(Nc1ncn[nH]1)[C@@H]1CC(=O)N(c2ccccc2Cl)C1. The third kappa shape index (κ3) is 2.73. The highest BCUT2D eigenvalue weighted by Gasteiger charge is 2.36. The van der Waals surface area contributed by atoms with Crippen LogP contribution >= 0.6 is 11.6 Å². The number of anilines is 2. The van der Waals surface area contributed by atoms with Crippen LogP contribution in [0.15, 0.2) is 30.6 Å². The molecule has 0 bridgehead atoms. The van der Waals surface area contributed by atoms with E-state index in [1.54, 1.807) is 24.3 Å². The van der Waals surface area contributed by atoms with E-state index in [9.17, 15) is 9.59 Å². The Hall–Kier alpha value is -2.41. The summed E-state index contributed by atoms with van der Waals surface area (Å²) in [5.41, 5.74) is 0.624. The second kappa shape index (κ2) is 5.53. The fraction of sp³-hybridized carbons (Fsp3) is 0.231. The molecule has 0 spiro atoms. The van der Waals surface area contributed by atoms with Gasteiger partial charge in [0.2, 0.25) is 17.8 Å². The molecule has 1 aliphatic rings. The monoisotopic (exact) mass is 305 g/mol. The van der Waals surface area contributed by atoms with Gasteiger partial charge in [-0.1, -0.05) is 23.7 Å². The molecular formula is C13H12ClN5O2. The maximum absolute atomic E-state index is 12.1. The number of benzene rings is 1. The zero-order chi connectivity index (χ0) is 14.8. The highest BCUT2D eigenvalue weighted by atomic mass is 35.5. The average Bonchev–Trinajstić information content (AvgIpc) is 3.09. The lowest BCUT2D eigenvalue weighted by Gasteiger charge is -2.17. The van der Waals surface area contributed by atoms with E-state index in [1.165, 1.54) is 11.2 Å². The normalized spacial score (nSPS) is 18.0. The van der Waals surface area contributed by atoms with Gasteiger partial charge in [-0.3, -0.25) is 14.9 Å². The molecule has 2 N–H and O–H groups in total. The van der Waals surface area contributed by atoms with Crippen molar-refractivity contribution in [3.05, 3.63) is 35.6 Å². The summed E-state index contributed by atoms with van der Waals surface area (Å²) in [7, 11) is 0. The number of H-pyrrole nitrogens is 1. The number of hydrogen-bond donors (Lipinski definition) is 2. The molecule has 7 nitrogen and oxygen atoms in total. The van der Waals surface area contributed by atoms with E-state index in [2.05, 4.69) is 20.5 Å². The Morgan fingerprint density at radius 3 is 2.95 bits per heavy atom. The van der Waals surface area contributed by atoms with E-state index in [0.29, 0.717) is 17.3 Å². The summed E-state index contributed by atoms with van der Waals surface area (Å²) in [5, 5.41) is 9.27. The van der Waals surface area contributed by atoms with Crippen LogP contribution in [-0.4, -0.2) is 33.5 Å². The fourth-order valence-corrected chi connectivity index (χ4v) is 2.51. The molecule has 1 atom stereocenters. The third-order valence-electron chi connectivity index (χ3n) is 3.30. The van der Waals surface area contributed by atoms with Crippen LogP contribution in [0.4, 0.5) is 11.6 Å². The second-order valence-electron chi connectivity index (χ2n) is 4.68. The van der Waals surface area contributed by atoms with Crippen LogP contribution in [0.25, 0.3) is 0 Å². The molecule has 0 saturated carbocycles. The number of nitrogens with one attached hydrogen (secondary N) is 2. The van der Waals surface area contributed by atoms with Crippen molar-refractivity contribution in [3.8, 4) is 0 Å². The summed E-state index contributed by atoms with van der Waals surface area (Å²) in [6, 6.07) is 7.07. The quantitative estimate of drug-likeness (QED) is 0.898. The molecule has 1 aliphatic heterocycles. The predicted octanol–water partition coefficient (Wildman–Crippen LogP) is 1.45. The van der Waals surface area contributed by atoms with Gasteiger partial charge in [-0.25, -0.2) is 5.10 Å². The summed E-state index contributed by atoms with van der Waals surface area (Å²) >= 11 is 6.09.